The van der Waals surface area contributed by atoms with Gasteiger partial charge in [0.2, 0.25) is 5.91 Å². The fourth-order valence-electron chi connectivity index (χ4n) is 3.85. The van der Waals surface area contributed by atoms with Gasteiger partial charge in [0.15, 0.2) is 9.84 Å². The van der Waals surface area contributed by atoms with E-state index in [9.17, 15) is 21.6 Å². The van der Waals surface area contributed by atoms with Crippen molar-refractivity contribution in [1.29, 1.82) is 0 Å². The van der Waals surface area contributed by atoms with Crippen LogP contribution in [0, 0.1) is 0 Å². The highest BCUT2D eigenvalue weighted by Gasteiger charge is 2.30. The lowest BCUT2D eigenvalue weighted by Gasteiger charge is -2.27. The smallest absolute Gasteiger partial charge is 0.264 e. The molecule has 0 spiro atoms. The van der Waals surface area contributed by atoms with Gasteiger partial charge in [-0.2, -0.15) is 0 Å². The van der Waals surface area contributed by atoms with E-state index in [-0.39, 0.29) is 15.5 Å². The molecule has 1 N–H and O–H groups in total. The minimum atomic E-state index is -4.13. The standard InChI is InChI=1S/C27H32N2O6S3/c1-5-24(20-11-15-22(16-12-20)37(4,31)32)28-27(30)19-29(25-9-7-8-10-26(25)35-6-2)38(33,34)23-17-13-21(36-3)14-18-23/h7-18,24H,5-6,19H2,1-4H3,(H,28,30). The van der Waals surface area contributed by atoms with Crippen molar-refractivity contribution >= 4 is 43.2 Å². The fourth-order valence-corrected chi connectivity index (χ4v) is 6.32. The van der Waals surface area contributed by atoms with E-state index in [1.807, 2.05) is 13.2 Å². The lowest BCUT2D eigenvalue weighted by molar-refractivity contribution is -0.120. The number of nitrogens with zero attached hydrogens (tertiary/aromatic N) is 1. The predicted octanol–water partition coefficient (Wildman–Crippen LogP) is 4.67. The van der Waals surface area contributed by atoms with Crippen molar-refractivity contribution < 1.29 is 26.4 Å². The number of amides is 1. The van der Waals surface area contributed by atoms with E-state index in [1.54, 1.807) is 55.5 Å². The van der Waals surface area contributed by atoms with Crippen LogP contribution in [0.2, 0.25) is 0 Å². The van der Waals surface area contributed by atoms with Crippen molar-refractivity contribution in [3.8, 4) is 5.75 Å². The third kappa shape index (κ3) is 7.09. The molecule has 0 aliphatic rings. The molecule has 0 aromatic heterocycles. The molecule has 11 heteroatoms. The van der Waals surface area contributed by atoms with Crippen LogP contribution in [-0.2, 0) is 24.7 Å². The fraction of sp³-hybridized carbons (Fsp3) is 0.296. The SMILES string of the molecule is CCOc1ccccc1N(CC(=O)NC(CC)c1ccc(S(C)(=O)=O)cc1)S(=O)(=O)c1ccc(SC)cc1. The molecule has 0 saturated heterocycles. The van der Waals surface area contributed by atoms with E-state index in [1.165, 1.54) is 36.0 Å². The van der Waals surface area contributed by atoms with Crippen LogP contribution in [0.3, 0.4) is 0 Å². The number of nitrogens with one attached hydrogen (secondary N) is 1. The molecule has 3 aromatic rings. The van der Waals surface area contributed by atoms with Gasteiger partial charge in [-0.3, -0.25) is 9.10 Å². The van der Waals surface area contributed by atoms with Crippen molar-refractivity contribution in [2.45, 2.75) is 41.0 Å². The molecule has 0 fully saturated rings. The number of hydrogen-bond acceptors (Lipinski definition) is 7. The largest absolute Gasteiger partial charge is 0.492 e. The van der Waals surface area contributed by atoms with Crippen molar-refractivity contribution in [3.63, 3.8) is 0 Å². The molecule has 1 atom stereocenters. The molecule has 3 rings (SSSR count). The summed E-state index contributed by atoms with van der Waals surface area (Å²) in [6.45, 7) is 3.52. The lowest BCUT2D eigenvalue weighted by Crippen LogP contribution is -2.42. The number of thioether (sulfide) groups is 1. The van der Waals surface area contributed by atoms with Crippen LogP contribution in [0.1, 0.15) is 31.9 Å². The first kappa shape index (κ1) is 29.5. The summed E-state index contributed by atoms with van der Waals surface area (Å²) >= 11 is 1.50. The number of carbonyl (C=O) groups is 1. The van der Waals surface area contributed by atoms with Gasteiger partial charge in [-0.25, -0.2) is 16.8 Å². The van der Waals surface area contributed by atoms with Gasteiger partial charge in [0.25, 0.3) is 10.0 Å². The van der Waals surface area contributed by atoms with Crippen LogP contribution in [0.5, 0.6) is 5.75 Å². The second-order valence-corrected chi connectivity index (χ2v) is 13.2. The zero-order valence-corrected chi connectivity index (χ0v) is 24.2. The molecule has 0 saturated carbocycles. The molecule has 0 aliphatic carbocycles. The summed E-state index contributed by atoms with van der Waals surface area (Å²) in [6, 6.07) is 19.0. The Hall–Kier alpha value is -3.02. The zero-order valence-electron chi connectivity index (χ0n) is 21.7. The number of para-hydroxylation sites is 2. The third-order valence-electron chi connectivity index (χ3n) is 5.82. The second kappa shape index (κ2) is 12.7. The van der Waals surface area contributed by atoms with Gasteiger partial charge >= 0.3 is 0 Å². The minimum absolute atomic E-state index is 0.0535. The maximum atomic E-state index is 13.8. The van der Waals surface area contributed by atoms with Crippen LogP contribution < -0.4 is 14.4 Å². The van der Waals surface area contributed by atoms with Crippen molar-refractivity contribution in [2.24, 2.45) is 0 Å². The van der Waals surface area contributed by atoms with Crippen molar-refractivity contribution in [3.05, 3.63) is 78.4 Å². The van der Waals surface area contributed by atoms with Crippen molar-refractivity contribution in [2.75, 3.05) is 30.0 Å². The van der Waals surface area contributed by atoms with Gasteiger partial charge in [-0.05, 0) is 73.7 Å². The number of hydrogen-bond donors (Lipinski definition) is 1. The summed E-state index contributed by atoms with van der Waals surface area (Å²) in [5.41, 5.74) is 0.967. The summed E-state index contributed by atoms with van der Waals surface area (Å²) in [4.78, 5) is 14.4. The Morgan fingerprint density at radius 2 is 1.53 bits per heavy atom. The van der Waals surface area contributed by atoms with Crippen LogP contribution in [0.15, 0.2) is 87.5 Å². The van der Waals surface area contributed by atoms with Crippen LogP contribution in [-0.4, -0.2) is 48.4 Å². The maximum Gasteiger partial charge on any atom is 0.264 e. The summed E-state index contributed by atoms with van der Waals surface area (Å²) in [5.74, 6) is -0.171. The number of carbonyl (C=O) groups excluding carboxylic acids is 1. The molecular formula is C27H32N2O6S3. The first-order valence-electron chi connectivity index (χ1n) is 12.0. The molecular weight excluding hydrogens is 545 g/mol. The van der Waals surface area contributed by atoms with Gasteiger partial charge in [0, 0.05) is 11.2 Å². The molecule has 0 aliphatic heterocycles. The van der Waals surface area contributed by atoms with Crippen LogP contribution >= 0.6 is 11.8 Å². The van der Waals surface area contributed by atoms with Gasteiger partial charge in [-0.1, -0.05) is 31.2 Å². The first-order valence-corrected chi connectivity index (χ1v) is 16.5. The Morgan fingerprint density at radius 1 is 0.921 bits per heavy atom. The summed E-state index contributed by atoms with van der Waals surface area (Å²) in [7, 11) is -7.48. The maximum absolute atomic E-state index is 13.8. The summed E-state index contributed by atoms with van der Waals surface area (Å²) < 4.78 is 57.9. The van der Waals surface area contributed by atoms with E-state index < -0.39 is 38.4 Å². The number of anilines is 1. The Morgan fingerprint density at radius 3 is 2.08 bits per heavy atom. The minimum Gasteiger partial charge on any atom is -0.492 e. The number of benzene rings is 3. The molecule has 0 radical (unpaired) electrons. The third-order valence-corrected chi connectivity index (χ3v) is 9.47. The zero-order chi connectivity index (χ0) is 27.9. The number of sulfone groups is 1. The quantitative estimate of drug-likeness (QED) is 0.312. The first-order chi connectivity index (χ1) is 18.0. The molecule has 1 unspecified atom stereocenters. The van der Waals surface area contributed by atoms with E-state index in [2.05, 4.69) is 5.32 Å². The Labute approximate surface area is 229 Å². The van der Waals surface area contributed by atoms with Gasteiger partial charge < -0.3 is 10.1 Å². The van der Waals surface area contributed by atoms with E-state index >= 15 is 0 Å². The normalized spacial score (nSPS) is 12.5. The predicted molar refractivity (Wildman–Crippen MR) is 151 cm³/mol. The number of ether oxygens (including phenoxy) is 1. The molecule has 38 heavy (non-hydrogen) atoms. The Balaban J connectivity index is 1.95. The highest BCUT2D eigenvalue weighted by atomic mass is 32.2. The number of rotatable bonds is 12. The van der Waals surface area contributed by atoms with E-state index in [0.29, 0.717) is 24.3 Å². The Bertz CT molecular complexity index is 1460. The monoisotopic (exact) mass is 576 g/mol. The van der Waals surface area contributed by atoms with Gasteiger partial charge in [0.1, 0.15) is 12.3 Å². The summed E-state index contributed by atoms with van der Waals surface area (Å²) in [6.07, 6.45) is 3.55. The molecule has 8 nitrogen and oxygen atoms in total. The lowest BCUT2D eigenvalue weighted by atomic mass is 10.0. The summed E-state index contributed by atoms with van der Waals surface area (Å²) in [5, 5.41) is 2.90. The highest BCUT2D eigenvalue weighted by Crippen LogP contribution is 2.33. The molecule has 1 amide bonds. The molecule has 204 valence electrons. The Kier molecular flexibility index (Phi) is 9.86. The van der Waals surface area contributed by atoms with Gasteiger partial charge in [-0.15, -0.1) is 11.8 Å². The van der Waals surface area contributed by atoms with Crippen LogP contribution in [0.4, 0.5) is 5.69 Å². The average Bonchev–Trinajstić information content (AvgIpc) is 2.90. The topological polar surface area (TPSA) is 110 Å². The molecule has 3 aromatic carbocycles. The second-order valence-electron chi connectivity index (χ2n) is 8.46. The van der Waals surface area contributed by atoms with Gasteiger partial charge in [0.05, 0.1) is 28.1 Å². The average molecular weight is 577 g/mol. The molecule has 0 bridgehead atoms. The van der Waals surface area contributed by atoms with E-state index in [4.69, 9.17) is 4.74 Å². The van der Waals surface area contributed by atoms with E-state index in [0.717, 1.165) is 15.5 Å². The van der Waals surface area contributed by atoms with Crippen LogP contribution in [0.25, 0.3) is 0 Å². The number of sulfonamides is 1. The van der Waals surface area contributed by atoms with Crippen molar-refractivity contribution in [1.82, 2.24) is 5.32 Å². The highest BCUT2D eigenvalue weighted by molar-refractivity contribution is 7.98. The molecule has 0 heterocycles.